The summed E-state index contributed by atoms with van der Waals surface area (Å²) in [7, 11) is -2.67. The predicted octanol–water partition coefficient (Wildman–Crippen LogP) is 3.44. The van der Waals surface area contributed by atoms with Crippen molar-refractivity contribution in [2.45, 2.75) is 25.3 Å². The molecule has 0 radical (unpaired) electrons. The second-order valence-electron chi connectivity index (χ2n) is 5.97. The molecule has 0 fully saturated rings. The second kappa shape index (κ2) is 7.46. The largest absolute Gasteiger partial charge is 0.468 e. The maximum atomic E-state index is 12.7. The van der Waals surface area contributed by atoms with E-state index in [0.717, 1.165) is 21.3 Å². The Morgan fingerprint density at radius 3 is 2.44 bits per heavy atom. The molecule has 0 N–H and O–H groups in total. The summed E-state index contributed by atoms with van der Waals surface area (Å²) in [6, 6.07) is 9.64. The summed E-state index contributed by atoms with van der Waals surface area (Å²) in [4.78, 5) is 12.1. The molecule has 3 rings (SSSR count). The molecule has 0 amide bonds. The molecular weight excluding hydrogens is 408 g/mol. The number of hydrogen-bond acceptors (Lipinski definition) is 5. The molecule has 6 nitrogen and oxygen atoms in total. The maximum Gasteiger partial charge on any atom is 0.325 e. The summed E-state index contributed by atoms with van der Waals surface area (Å²) in [5.41, 5.74) is 2.84. The van der Waals surface area contributed by atoms with E-state index in [-0.39, 0.29) is 16.2 Å². The minimum absolute atomic E-state index is 0.0290. The Morgan fingerprint density at radius 1 is 1.19 bits per heavy atom. The summed E-state index contributed by atoms with van der Waals surface area (Å²) in [6.45, 7) is 3.80. The molecule has 1 heterocycles. The third-order valence-electron chi connectivity index (χ3n) is 4.12. The number of rotatable bonds is 4. The Labute approximate surface area is 165 Å². The molecular formula is C18H17ClN2O4S2. The fourth-order valence-electron chi connectivity index (χ4n) is 2.50. The number of benzene rings is 2. The van der Waals surface area contributed by atoms with Crippen molar-refractivity contribution in [3.63, 3.8) is 0 Å². The number of fused-ring (bicyclic) bond motifs is 1. The standard InChI is InChI=1S/C18H17ClN2O4S2/c1-11-8-15-16(9-12(11)2)26-18(21(15)10-17(22)25-3)20-27(23,24)14-6-4-13(19)5-7-14/h4-9H,10H2,1-3H3/b20-18-. The van der Waals surface area contributed by atoms with E-state index in [1.807, 2.05) is 26.0 Å². The quantitative estimate of drug-likeness (QED) is 0.601. The van der Waals surface area contributed by atoms with Gasteiger partial charge in [0.05, 0.1) is 22.2 Å². The summed E-state index contributed by atoms with van der Waals surface area (Å²) >= 11 is 7.03. The molecule has 142 valence electrons. The molecule has 9 heteroatoms. The molecule has 0 aliphatic carbocycles. The number of carbonyl (C=O) groups is 1. The number of ether oxygens (including phenoxy) is 1. The fraction of sp³-hybridized carbons (Fsp3) is 0.222. The molecule has 1 aromatic heterocycles. The second-order valence-corrected chi connectivity index (χ2v) is 9.02. The van der Waals surface area contributed by atoms with Crippen LogP contribution in [0.5, 0.6) is 0 Å². The third kappa shape index (κ3) is 4.07. The van der Waals surface area contributed by atoms with Crippen molar-refractivity contribution in [2.75, 3.05) is 7.11 Å². The highest BCUT2D eigenvalue weighted by molar-refractivity contribution is 7.90. The zero-order chi connectivity index (χ0) is 19.8. The van der Waals surface area contributed by atoms with E-state index in [1.165, 1.54) is 42.7 Å². The maximum absolute atomic E-state index is 12.7. The number of halogens is 1. The fourth-order valence-corrected chi connectivity index (χ4v) is 4.94. The van der Waals surface area contributed by atoms with E-state index in [0.29, 0.717) is 5.02 Å². The summed E-state index contributed by atoms with van der Waals surface area (Å²) < 4.78 is 36.5. The van der Waals surface area contributed by atoms with Gasteiger partial charge in [-0.3, -0.25) is 4.79 Å². The third-order valence-corrected chi connectivity index (χ3v) is 6.81. The Kier molecular flexibility index (Phi) is 5.41. The molecule has 2 aromatic carbocycles. The minimum Gasteiger partial charge on any atom is -0.468 e. The molecule has 27 heavy (non-hydrogen) atoms. The molecule has 0 saturated heterocycles. The van der Waals surface area contributed by atoms with E-state index < -0.39 is 16.0 Å². The smallest absolute Gasteiger partial charge is 0.325 e. The number of methoxy groups -OCH3 is 1. The van der Waals surface area contributed by atoms with Crippen LogP contribution in [0, 0.1) is 13.8 Å². The van der Waals surface area contributed by atoms with Crippen LogP contribution in [0.2, 0.25) is 5.02 Å². The van der Waals surface area contributed by atoms with Crippen molar-refractivity contribution >= 4 is 49.1 Å². The first kappa shape index (κ1) is 19.6. The first-order chi connectivity index (χ1) is 12.7. The van der Waals surface area contributed by atoms with Crippen LogP contribution in [0.15, 0.2) is 45.7 Å². The zero-order valence-corrected chi connectivity index (χ0v) is 17.3. The van der Waals surface area contributed by atoms with Gasteiger partial charge in [0.25, 0.3) is 10.0 Å². The number of aryl methyl sites for hydroxylation is 2. The van der Waals surface area contributed by atoms with Gasteiger partial charge in [0.15, 0.2) is 0 Å². The van der Waals surface area contributed by atoms with Gasteiger partial charge < -0.3 is 9.30 Å². The average Bonchev–Trinajstić information content (AvgIpc) is 2.91. The van der Waals surface area contributed by atoms with Crippen LogP contribution in [-0.4, -0.2) is 26.1 Å². The average molecular weight is 425 g/mol. The number of carbonyl (C=O) groups excluding carboxylic acids is 1. The van der Waals surface area contributed by atoms with Gasteiger partial charge in [-0.15, -0.1) is 4.40 Å². The SMILES string of the molecule is COC(=O)Cn1/c(=N/S(=O)(=O)c2ccc(Cl)cc2)sc2cc(C)c(C)cc21. The van der Waals surface area contributed by atoms with Gasteiger partial charge in [0.1, 0.15) is 6.54 Å². The van der Waals surface area contributed by atoms with E-state index in [1.54, 1.807) is 4.57 Å². The first-order valence-corrected chi connectivity index (χ1v) is 10.6. The van der Waals surface area contributed by atoms with Gasteiger partial charge in [-0.25, -0.2) is 0 Å². The van der Waals surface area contributed by atoms with Crippen molar-refractivity contribution in [3.05, 3.63) is 57.3 Å². The van der Waals surface area contributed by atoms with Crippen molar-refractivity contribution in [3.8, 4) is 0 Å². The van der Waals surface area contributed by atoms with Crippen LogP contribution >= 0.6 is 22.9 Å². The van der Waals surface area contributed by atoms with Crippen molar-refractivity contribution in [2.24, 2.45) is 4.40 Å². The van der Waals surface area contributed by atoms with E-state index in [4.69, 9.17) is 16.3 Å². The Morgan fingerprint density at radius 2 is 1.81 bits per heavy atom. The van der Waals surface area contributed by atoms with Crippen LogP contribution in [0.4, 0.5) is 0 Å². The minimum atomic E-state index is -3.96. The number of aromatic nitrogens is 1. The number of nitrogens with zero attached hydrogens (tertiary/aromatic N) is 2. The Balaban J connectivity index is 2.25. The number of hydrogen-bond donors (Lipinski definition) is 0. The topological polar surface area (TPSA) is 77.7 Å². The summed E-state index contributed by atoms with van der Waals surface area (Å²) in [5.74, 6) is -0.488. The lowest BCUT2D eigenvalue weighted by atomic mass is 10.1. The van der Waals surface area contributed by atoms with Crippen LogP contribution in [0.3, 0.4) is 0 Å². The molecule has 0 aliphatic heterocycles. The molecule has 0 spiro atoms. The first-order valence-electron chi connectivity index (χ1n) is 7.95. The van der Waals surface area contributed by atoms with Crippen LogP contribution in [0.1, 0.15) is 11.1 Å². The molecule has 0 unspecified atom stereocenters. The van der Waals surface area contributed by atoms with Gasteiger partial charge in [0, 0.05) is 5.02 Å². The molecule has 0 atom stereocenters. The lowest BCUT2D eigenvalue weighted by molar-refractivity contribution is -0.141. The highest BCUT2D eigenvalue weighted by Gasteiger charge is 2.17. The van der Waals surface area contributed by atoms with E-state index in [9.17, 15) is 13.2 Å². The van der Waals surface area contributed by atoms with Crippen molar-refractivity contribution < 1.29 is 17.9 Å². The summed E-state index contributed by atoms with van der Waals surface area (Å²) in [5, 5.41) is 0.433. The van der Waals surface area contributed by atoms with Gasteiger partial charge in [-0.2, -0.15) is 8.42 Å². The Hall–Kier alpha value is -2.16. The van der Waals surface area contributed by atoms with Gasteiger partial charge >= 0.3 is 5.97 Å². The van der Waals surface area contributed by atoms with E-state index in [2.05, 4.69) is 4.40 Å². The highest BCUT2D eigenvalue weighted by atomic mass is 35.5. The molecule has 3 aromatic rings. The Bertz CT molecular complexity index is 1190. The normalized spacial score (nSPS) is 12.5. The summed E-state index contributed by atoms with van der Waals surface area (Å²) in [6.07, 6.45) is 0. The lowest BCUT2D eigenvalue weighted by Gasteiger charge is -2.06. The van der Waals surface area contributed by atoms with Gasteiger partial charge in [-0.05, 0) is 61.4 Å². The van der Waals surface area contributed by atoms with Crippen LogP contribution in [-0.2, 0) is 26.1 Å². The number of sulfonamides is 1. The van der Waals surface area contributed by atoms with Gasteiger partial charge in [0.2, 0.25) is 4.80 Å². The van der Waals surface area contributed by atoms with Crippen LogP contribution < -0.4 is 4.80 Å². The molecule has 0 aliphatic rings. The molecule has 0 saturated carbocycles. The monoisotopic (exact) mass is 424 g/mol. The zero-order valence-electron chi connectivity index (χ0n) is 14.9. The van der Waals surface area contributed by atoms with Crippen LogP contribution in [0.25, 0.3) is 10.2 Å². The van der Waals surface area contributed by atoms with Crippen molar-refractivity contribution in [1.29, 1.82) is 0 Å². The van der Waals surface area contributed by atoms with Crippen molar-refractivity contribution in [1.82, 2.24) is 4.57 Å². The molecule has 0 bridgehead atoms. The number of thiazole rings is 1. The lowest BCUT2D eigenvalue weighted by Crippen LogP contribution is -2.22. The number of esters is 1. The highest BCUT2D eigenvalue weighted by Crippen LogP contribution is 2.23. The van der Waals surface area contributed by atoms with Gasteiger partial charge in [-0.1, -0.05) is 22.9 Å². The van der Waals surface area contributed by atoms with E-state index >= 15 is 0 Å². The predicted molar refractivity (Wildman–Crippen MR) is 106 cm³/mol.